The normalized spacial score (nSPS) is 14.8. The number of hydrogen-bond acceptors (Lipinski definition) is 5. The van der Waals surface area contributed by atoms with Gasteiger partial charge in [-0.3, -0.25) is 14.4 Å². The number of para-hydroxylation sites is 1. The zero-order valence-electron chi connectivity index (χ0n) is 18.1. The van der Waals surface area contributed by atoms with E-state index in [0.717, 1.165) is 16.5 Å². The third-order valence-corrected chi connectivity index (χ3v) is 5.51. The van der Waals surface area contributed by atoms with Gasteiger partial charge < -0.3 is 31.6 Å². The van der Waals surface area contributed by atoms with Crippen molar-refractivity contribution in [3.63, 3.8) is 0 Å². The summed E-state index contributed by atoms with van der Waals surface area (Å²) < 4.78 is 0. The molecule has 0 aliphatic carbocycles. The Morgan fingerprint density at radius 1 is 1.09 bits per heavy atom. The van der Waals surface area contributed by atoms with Crippen molar-refractivity contribution in [3.05, 3.63) is 36.0 Å². The molecule has 0 saturated carbocycles. The van der Waals surface area contributed by atoms with Crippen LogP contribution in [0, 0.1) is 5.92 Å². The van der Waals surface area contributed by atoms with E-state index < -0.39 is 41.9 Å². The molecule has 174 valence electrons. The first-order valence-electron chi connectivity index (χ1n) is 10.5. The van der Waals surface area contributed by atoms with Crippen molar-refractivity contribution in [2.75, 3.05) is 0 Å². The Labute approximate surface area is 185 Å². The lowest BCUT2D eigenvalue weighted by atomic mass is 9.96. The molecule has 7 N–H and O–H groups in total. The number of carboxylic acid groups (broad SMARTS) is 2. The Hall–Kier alpha value is -3.40. The van der Waals surface area contributed by atoms with Gasteiger partial charge in [0.25, 0.3) is 0 Å². The van der Waals surface area contributed by atoms with Gasteiger partial charge in [-0.1, -0.05) is 38.5 Å². The molecule has 0 aliphatic rings. The van der Waals surface area contributed by atoms with Crippen LogP contribution in [0.3, 0.4) is 0 Å². The molecular formula is C22H30N4O6. The van der Waals surface area contributed by atoms with Crippen LogP contribution in [-0.4, -0.2) is 57.1 Å². The highest BCUT2D eigenvalue weighted by Gasteiger charge is 2.31. The number of aliphatic carboxylic acids is 2. The maximum atomic E-state index is 12.9. The fraction of sp³-hybridized carbons (Fsp3) is 0.455. The van der Waals surface area contributed by atoms with Gasteiger partial charge in [-0.05, 0) is 24.0 Å². The van der Waals surface area contributed by atoms with Crippen LogP contribution in [0.2, 0.25) is 0 Å². The van der Waals surface area contributed by atoms with E-state index in [1.54, 1.807) is 13.1 Å². The Bertz CT molecular complexity index is 972. The lowest BCUT2D eigenvalue weighted by Gasteiger charge is -2.26. The minimum atomic E-state index is -1.20. The molecule has 1 heterocycles. The van der Waals surface area contributed by atoms with Crippen LogP contribution in [0.1, 0.15) is 38.7 Å². The van der Waals surface area contributed by atoms with Gasteiger partial charge in [0.2, 0.25) is 11.8 Å². The highest BCUT2D eigenvalue weighted by molar-refractivity contribution is 5.92. The van der Waals surface area contributed by atoms with Crippen LogP contribution in [-0.2, 0) is 25.6 Å². The van der Waals surface area contributed by atoms with E-state index in [2.05, 4.69) is 15.6 Å². The quantitative estimate of drug-likeness (QED) is 0.282. The molecular weight excluding hydrogens is 416 g/mol. The van der Waals surface area contributed by atoms with Crippen LogP contribution in [0.5, 0.6) is 0 Å². The van der Waals surface area contributed by atoms with Gasteiger partial charge in [0, 0.05) is 29.9 Å². The molecule has 32 heavy (non-hydrogen) atoms. The predicted octanol–water partition coefficient (Wildman–Crippen LogP) is 1.00. The number of carbonyl (C=O) groups is 4. The molecule has 0 radical (unpaired) electrons. The zero-order chi connectivity index (χ0) is 23.8. The predicted molar refractivity (Wildman–Crippen MR) is 118 cm³/mol. The van der Waals surface area contributed by atoms with E-state index in [9.17, 15) is 24.3 Å². The maximum absolute atomic E-state index is 12.9. The van der Waals surface area contributed by atoms with Gasteiger partial charge in [0.05, 0.1) is 6.04 Å². The minimum Gasteiger partial charge on any atom is -0.481 e. The standard InChI is InChI=1S/C22H30N4O6/c1-3-12(2)19(26-20(29)15(23)8-9-18(27)28)21(30)25-17(22(31)32)10-13-11-24-16-7-5-4-6-14(13)16/h4-7,11-12,15,17,19,24H,3,8-10,23H2,1-2H3,(H,25,30)(H,26,29)(H,27,28)(H,31,32). The smallest absolute Gasteiger partial charge is 0.326 e. The summed E-state index contributed by atoms with van der Waals surface area (Å²) in [5.74, 6) is -3.86. The Balaban J connectivity index is 2.12. The number of amides is 2. The van der Waals surface area contributed by atoms with Gasteiger partial charge in [-0.15, -0.1) is 0 Å². The molecule has 0 fully saturated rings. The molecule has 0 bridgehead atoms. The second-order valence-corrected chi connectivity index (χ2v) is 7.87. The number of rotatable bonds is 12. The van der Waals surface area contributed by atoms with Crippen LogP contribution in [0.4, 0.5) is 0 Å². The van der Waals surface area contributed by atoms with Crippen molar-refractivity contribution in [2.45, 2.75) is 57.7 Å². The summed E-state index contributed by atoms with van der Waals surface area (Å²) in [4.78, 5) is 51.0. The largest absolute Gasteiger partial charge is 0.481 e. The highest BCUT2D eigenvalue weighted by Crippen LogP contribution is 2.19. The SMILES string of the molecule is CCC(C)C(NC(=O)C(N)CCC(=O)O)C(=O)NC(Cc1c[nH]c2ccccc12)C(=O)O. The van der Waals surface area contributed by atoms with Gasteiger partial charge >= 0.3 is 11.9 Å². The summed E-state index contributed by atoms with van der Waals surface area (Å²) in [6.45, 7) is 3.59. The van der Waals surface area contributed by atoms with E-state index in [1.807, 2.05) is 31.2 Å². The molecule has 1 aromatic heterocycles. The number of aromatic nitrogens is 1. The number of fused-ring (bicyclic) bond motifs is 1. The van der Waals surface area contributed by atoms with E-state index in [-0.39, 0.29) is 25.2 Å². The van der Waals surface area contributed by atoms with E-state index in [0.29, 0.717) is 6.42 Å². The summed E-state index contributed by atoms with van der Waals surface area (Å²) >= 11 is 0. The van der Waals surface area contributed by atoms with Gasteiger partial charge in [0.15, 0.2) is 0 Å². The number of aromatic amines is 1. The molecule has 2 rings (SSSR count). The molecule has 4 unspecified atom stereocenters. The van der Waals surface area contributed by atoms with Gasteiger partial charge in [-0.25, -0.2) is 4.79 Å². The molecule has 2 aromatic rings. The summed E-state index contributed by atoms with van der Waals surface area (Å²) in [7, 11) is 0. The first-order chi connectivity index (χ1) is 15.1. The number of carbonyl (C=O) groups excluding carboxylic acids is 2. The summed E-state index contributed by atoms with van der Waals surface area (Å²) in [6, 6.07) is 4.14. The molecule has 10 nitrogen and oxygen atoms in total. The Morgan fingerprint density at radius 2 is 1.78 bits per heavy atom. The second-order valence-electron chi connectivity index (χ2n) is 7.87. The fourth-order valence-electron chi connectivity index (χ4n) is 3.35. The summed E-state index contributed by atoms with van der Waals surface area (Å²) in [5, 5.41) is 24.4. The van der Waals surface area contributed by atoms with Crippen molar-refractivity contribution < 1.29 is 29.4 Å². The Kier molecular flexibility index (Phi) is 8.77. The van der Waals surface area contributed by atoms with Crippen molar-refractivity contribution in [2.24, 2.45) is 11.7 Å². The fourth-order valence-corrected chi connectivity index (χ4v) is 3.35. The summed E-state index contributed by atoms with van der Waals surface area (Å²) in [6.07, 6.45) is 1.96. The minimum absolute atomic E-state index is 0.0599. The number of H-pyrrole nitrogens is 1. The third-order valence-electron chi connectivity index (χ3n) is 5.51. The second kappa shape index (κ2) is 11.3. The van der Waals surface area contributed by atoms with Crippen molar-refractivity contribution >= 4 is 34.7 Å². The van der Waals surface area contributed by atoms with Crippen LogP contribution < -0.4 is 16.4 Å². The van der Waals surface area contributed by atoms with E-state index >= 15 is 0 Å². The number of hydrogen-bond donors (Lipinski definition) is 6. The first-order valence-corrected chi connectivity index (χ1v) is 10.5. The molecule has 2 amide bonds. The average molecular weight is 447 g/mol. The molecule has 10 heteroatoms. The van der Waals surface area contributed by atoms with Crippen LogP contribution >= 0.6 is 0 Å². The van der Waals surface area contributed by atoms with E-state index in [4.69, 9.17) is 10.8 Å². The van der Waals surface area contributed by atoms with Crippen LogP contribution in [0.25, 0.3) is 10.9 Å². The molecule has 0 spiro atoms. The van der Waals surface area contributed by atoms with E-state index in [1.165, 1.54) is 0 Å². The highest BCUT2D eigenvalue weighted by atomic mass is 16.4. The van der Waals surface area contributed by atoms with Crippen molar-refractivity contribution in [3.8, 4) is 0 Å². The number of carboxylic acids is 2. The molecule has 4 atom stereocenters. The third kappa shape index (κ3) is 6.55. The lowest BCUT2D eigenvalue weighted by Crippen LogP contribution is -2.57. The summed E-state index contributed by atoms with van der Waals surface area (Å²) in [5.41, 5.74) is 7.35. The maximum Gasteiger partial charge on any atom is 0.326 e. The average Bonchev–Trinajstić information content (AvgIpc) is 3.17. The number of benzene rings is 1. The topological polar surface area (TPSA) is 175 Å². The number of nitrogens with two attached hydrogens (primary N) is 1. The zero-order valence-corrected chi connectivity index (χ0v) is 18.1. The monoisotopic (exact) mass is 446 g/mol. The number of nitrogens with one attached hydrogen (secondary N) is 3. The van der Waals surface area contributed by atoms with Crippen LogP contribution in [0.15, 0.2) is 30.5 Å². The molecule has 1 aromatic carbocycles. The van der Waals surface area contributed by atoms with Crippen molar-refractivity contribution in [1.29, 1.82) is 0 Å². The first kappa shape index (κ1) is 24.9. The Morgan fingerprint density at radius 3 is 2.41 bits per heavy atom. The van der Waals surface area contributed by atoms with Gasteiger partial charge in [0.1, 0.15) is 12.1 Å². The lowest BCUT2D eigenvalue weighted by molar-refractivity contribution is -0.142. The molecule has 0 aliphatic heterocycles. The van der Waals surface area contributed by atoms with Crippen molar-refractivity contribution in [1.82, 2.24) is 15.6 Å². The molecule has 0 saturated heterocycles. The van der Waals surface area contributed by atoms with Gasteiger partial charge in [-0.2, -0.15) is 0 Å².